The highest BCUT2D eigenvalue weighted by atomic mass is 16.5. The van der Waals surface area contributed by atoms with Crippen molar-refractivity contribution in [2.24, 2.45) is 0 Å². The second kappa shape index (κ2) is 9.89. The molecule has 0 heterocycles. The van der Waals surface area contributed by atoms with Crippen LogP contribution in [0, 0.1) is 11.8 Å². The Hall–Kier alpha value is -3.87. The van der Waals surface area contributed by atoms with E-state index in [-0.39, 0.29) is 5.56 Å². The molecule has 5 nitrogen and oxygen atoms in total. The molecule has 2 amide bonds. The first-order valence-corrected chi connectivity index (χ1v) is 8.91. The zero-order valence-electron chi connectivity index (χ0n) is 16.5. The van der Waals surface area contributed by atoms with Gasteiger partial charge in [-0.2, -0.15) is 0 Å². The lowest BCUT2D eigenvalue weighted by molar-refractivity contribution is -0.153. The van der Waals surface area contributed by atoms with Gasteiger partial charge >= 0.3 is 11.9 Å². The minimum Gasteiger partial charge on any atom is -0.467 e. The molecular formula is C24H21NO4. The van der Waals surface area contributed by atoms with Gasteiger partial charge < -0.3 is 4.74 Å². The predicted molar refractivity (Wildman–Crippen MR) is 110 cm³/mol. The van der Waals surface area contributed by atoms with E-state index < -0.39 is 23.3 Å². The summed E-state index contributed by atoms with van der Waals surface area (Å²) < 4.78 is 4.87. The number of hydrogen-bond acceptors (Lipinski definition) is 4. The Morgan fingerprint density at radius 1 is 1.00 bits per heavy atom. The normalized spacial score (nSPS) is 11.6. The fourth-order valence-electron chi connectivity index (χ4n) is 2.59. The van der Waals surface area contributed by atoms with Gasteiger partial charge in [0.05, 0.1) is 7.11 Å². The van der Waals surface area contributed by atoms with Crippen LogP contribution in [0.5, 0.6) is 0 Å². The third-order valence-electron chi connectivity index (χ3n) is 4.11. The van der Waals surface area contributed by atoms with Gasteiger partial charge in [0.25, 0.3) is 5.91 Å². The SMILES string of the molecule is CC=C=CC(C)(C(=O)OC)N(C(=O)C#Cc1ccccc1)C(=O)c1ccccc1. The van der Waals surface area contributed by atoms with Gasteiger partial charge in [0.2, 0.25) is 0 Å². The van der Waals surface area contributed by atoms with Crippen molar-refractivity contribution in [1.29, 1.82) is 0 Å². The molecule has 0 radical (unpaired) electrons. The summed E-state index contributed by atoms with van der Waals surface area (Å²) >= 11 is 0. The summed E-state index contributed by atoms with van der Waals surface area (Å²) in [4.78, 5) is 39.6. The summed E-state index contributed by atoms with van der Waals surface area (Å²) in [6.45, 7) is 3.12. The molecule has 1 unspecified atom stereocenters. The molecule has 0 saturated heterocycles. The van der Waals surface area contributed by atoms with Crippen LogP contribution in [0.3, 0.4) is 0 Å². The molecule has 0 N–H and O–H groups in total. The third kappa shape index (κ3) is 5.10. The molecule has 0 aromatic heterocycles. The van der Waals surface area contributed by atoms with E-state index in [1.165, 1.54) is 20.1 Å². The van der Waals surface area contributed by atoms with E-state index in [0.717, 1.165) is 4.90 Å². The molecule has 146 valence electrons. The van der Waals surface area contributed by atoms with Crippen LogP contribution < -0.4 is 0 Å². The first-order valence-electron chi connectivity index (χ1n) is 8.91. The van der Waals surface area contributed by atoms with E-state index in [0.29, 0.717) is 5.56 Å². The van der Waals surface area contributed by atoms with Gasteiger partial charge in [-0.05, 0) is 50.3 Å². The number of carbonyl (C=O) groups is 3. The topological polar surface area (TPSA) is 63.7 Å². The summed E-state index contributed by atoms with van der Waals surface area (Å²) in [5, 5.41) is 0. The maximum absolute atomic E-state index is 13.2. The number of esters is 1. The van der Waals surface area contributed by atoms with Crippen molar-refractivity contribution in [1.82, 2.24) is 4.90 Å². The number of rotatable bonds is 4. The summed E-state index contributed by atoms with van der Waals surface area (Å²) in [5.74, 6) is 2.91. The number of methoxy groups -OCH3 is 1. The van der Waals surface area contributed by atoms with Gasteiger partial charge in [0.1, 0.15) is 0 Å². The van der Waals surface area contributed by atoms with E-state index in [9.17, 15) is 14.4 Å². The number of nitrogens with zero attached hydrogens (tertiary/aromatic N) is 1. The Balaban J connectivity index is 2.60. The Morgan fingerprint density at radius 2 is 1.59 bits per heavy atom. The average Bonchev–Trinajstić information content (AvgIpc) is 2.77. The maximum Gasteiger partial charge on any atom is 0.336 e. The summed E-state index contributed by atoms with van der Waals surface area (Å²) in [5.41, 5.74) is 1.90. The lowest BCUT2D eigenvalue weighted by atomic mass is 9.97. The number of hydrogen-bond donors (Lipinski definition) is 0. The molecule has 5 heteroatoms. The number of ether oxygens (including phenoxy) is 1. The lowest BCUT2D eigenvalue weighted by Gasteiger charge is -2.33. The van der Waals surface area contributed by atoms with E-state index in [1.807, 2.05) is 6.07 Å². The fourth-order valence-corrected chi connectivity index (χ4v) is 2.59. The first-order chi connectivity index (χ1) is 13.9. The lowest BCUT2D eigenvalue weighted by Crippen LogP contribution is -2.56. The van der Waals surface area contributed by atoms with Crippen molar-refractivity contribution in [2.45, 2.75) is 19.4 Å². The molecular weight excluding hydrogens is 366 g/mol. The molecule has 0 bridgehead atoms. The largest absolute Gasteiger partial charge is 0.467 e. The van der Waals surface area contributed by atoms with E-state index in [4.69, 9.17) is 4.74 Å². The fraction of sp³-hybridized carbons (Fsp3) is 0.167. The average molecular weight is 387 g/mol. The van der Waals surface area contributed by atoms with E-state index >= 15 is 0 Å². The van der Waals surface area contributed by atoms with Gasteiger partial charge in [0, 0.05) is 17.0 Å². The van der Waals surface area contributed by atoms with Gasteiger partial charge in [-0.3, -0.25) is 9.59 Å². The zero-order chi connectivity index (χ0) is 21.3. The molecule has 2 aromatic carbocycles. The van der Waals surface area contributed by atoms with Crippen molar-refractivity contribution < 1.29 is 19.1 Å². The van der Waals surface area contributed by atoms with Crippen LogP contribution in [0.1, 0.15) is 29.8 Å². The Morgan fingerprint density at radius 3 is 2.14 bits per heavy atom. The predicted octanol–water partition coefficient (Wildman–Crippen LogP) is 3.37. The maximum atomic E-state index is 13.2. The van der Waals surface area contributed by atoms with Crippen LogP contribution in [0.25, 0.3) is 0 Å². The van der Waals surface area contributed by atoms with Crippen LogP contribution in [0.15, 0.2) is 78.5 Å². The van der Waals surface area contributed by atoms with Gasteiger partial charge in [-0.1, -0.05) is 42.3 Å². The van der Waals surface area contributed by atoms with Crippen molar-refractivity contribution in [3.8, 4) is 11.8 Å². The summed E-state index contributed by atoms with van der Waals surface area (Å²) in [6, 6.07) is 17.1. The highest BCUT2D eigenvalue weighted by molar-refractivity contribution is 6.13. The molecule has 0 aliphatic carbocycles. The van der Waals surface area contributed by atoms with Crippen molar-refractivity contribution in [3.63, 3.8) is 0 Å². The van der Waals surface area contributed by atoms with Crippen LogP contribution in [0.4, 0.5) is 0 Å². The quantitative estimate of drug-likeness (QED) is 0.458. The Kier molecular flexibility index (Phi) is 7.31. The number of imide groups is 1. The molecule has 2 rings (SSSR count). The minimum absolute atomic E-state index is 0.242. The van der Waals surface area contributed by atoms with Crippen LogP contribution in [-0.2, 0) is 14.3 Å². The molecule has 29 heavy (non-hydrogen) atoms. The molecule has 1 atom stereocenters. The van der Waals surface area contributed by atoms with Gasteiger partial charge in [-0.25, -0.2) is 9.69 Å². The van der Waals surface area contributed by atoms with Gasteiger partial charge in [0.15, 0.2) is 5.54 Å². The molecule has 0 aliphatic heterocycles. The number of benzene rings is 2. The third-order valence-corrected chi connectivity index (χ3v) is 4.11. The first kappa shape index (κ1) is 21.4. The monoisotopic (exact) mass is 387 g/mol. The van der Waals surface area contributed by atoms with Crippen LogP contribution in [-0.4, -0.2) is 35.3 Å². The molecule has 0 fully saturated rings. The number of carbonyl (C=O) groups excluding carboxylic acids is 3. The van der Waals surface area contributed by atoms with Gasteiger partial charge in [-0.15, -0.1) is 5.73 Å². The Bertz CT molecular complexity index is 1010. The van der Waals surface area contributed by atoms with Crippen molar-refractivity contribution in [2.75, 3.05) is 7.11 Å². The number of amides is 2. The van der Waals surface area contributed by atoms with Crippen molar-refractivity contribution in [3.05, 3.63) is 89.7 Å². The van der Waals surface area contributed by atoms with E-state index in [1.54, 1.807) is 67.6 Å². The second-order valence-corrected chi connectivity index (χ2v) is 6.17. The molecule has 2 aromatic rings. The summed E-state index contributed by atoms with van der Waals surface area (Å²) in [6.07, 6.45) is 2.88. The zero-order valence-corrected chi connectivity index (χ0v) is 16.5. The smallest absolute Gasteiger partial charge is 0.336 e. The van der Waals surface area contributed by atoms with Crippen LogP contribution >= 0.6 is 0 Å². The standard InChI is InChI=1S/C24H21NO4/c1-4-5-18-24(2,23(28)29-3)25(22(27)20-14-10-7-11-15-20)21(26)17-16-19-12-8-6-9-13-19/h4,6-15,18H,1-3H3. The van der Waals surface area contributed by atoms with Crippen LogP contribution in [0.2, 0.25) is 0 Å². The van der Waals surface area contributed by atoms with E-state index in [2.05, 4.69) is 17.6 Å². The summed E-state index contributed by atoms with van der Waals surface area (Å²) in [7, 11) is 1.19. The highest BCUT2D eigenvalue weighted by Crippen LogP contribution is 2.22. The molecule has 0 aliphatic rings. The minimum atomic E-state index is -1.73. The molecule has 0 saturated carbocycles. The van der Waals surface area contributed by atoms with Crippen molar-refractivity contribution >= 4 is 17.8 Å². The highest BCUT2D eigenvalue weighted by Gasteiger charge is 2.45. The Labute approximate surface area is 170 Å². The second-order valence-electron chi connectivity index (χ2n) is 6.17. The molecule has 0 spiro atoms.